The highest BCUT2D eigenvalue weighted by Gasteiger charge is 2.27. The van der Waals surface area contributed by atoms with Crippen molar-refractivity contribution < 1.29 is 28.6 Å². The zero-order valence-corrected chi connectivity index (χ0v) is 28.2. The van der Waals surface area contributed by atoms with Crippen LogP contribution in [0, 0.1) is 19.8 Å². The van der Waals surface area contributed by atoms with Gasteiger partial charge in [0.1, 0.15) is 23.9 Å². The highest BCUT2D eigenvalue weighted by atomic mass is 16.5. The molecule has 0 aliphatic carbocycles. The lowest BCUT2D eigenvalue weighted by molar-refractivity contribution is -0.134. The summed E-state index contributed by atoms with van der Waals surface area (Å²) in [6.45, 7) is 13.5. The SMILES string of the molecule is Cc1ncoc1COc1ccc2c(c1C)CCN(CC(O)CNC(=O)c1cc(NC3COC3)nc(N3CCN(C(=O)C(C)C)CC3)n1)C2. The number of aryl methyl sites for hydroxylation is 1. The molecule has 2 saturated heterocycles. The summed E-state index contributed by atoms with van der Waals surface area (Å²) in [7, 11) is 0. The minimum Gasteiger partial charge on any atom is -0.485 e. The minimum atomic E-state index is -0.762. The summed E-state index contributed by atoms with van der Waals surface area (Å²) in [4.78, 5) is 45.3. The molecule has 3 aliphatic heterocycles. The van der Waals surface area contributed by atoms with Crippen LogP contribution in [0.3, 0.4) is 0 Å². The van der Waals surface area contributed by atoms with Gasteiger partial charge in [-0.25, -0.2) is 9.97 Å². The molecule has 258 valence electrons. The molecule has 48 heavy (non-hydrogen) atoms. The minimum absolute atomic E-state index is 0.0553. The van der Waals surface area contributed by atoms with Crippen LogP contribution in [0.1, 0.15) is 52.5 Å². The Morgan fingerprint density at radius 1 is 1.10 bits per heavy atom. The van der Waals surface area contributed by atoms with E-state index in [1.165, 1.54) is 17.5 Å². The number of ether oxygens (including phenoxy) is 2. The van der Waals surface area contributed by atoms with Crippen LogP contribution in [-0.2, 0) is 29.1 Å². The number of benzene rings is 1. The second-order valence-electron chi connectivity index (χ2n) is 13.1. The fourth-order valence-electron chi connectivity index (χ4n) is 6.25. The highest BCUT2D eigenvalue weighted by molar-refractivity contribution is 5.93. The standard InChI is InChI=1S/C34H46N8O6/c1-21(2)33(45)41-9-11-42(12-10-41)34-38-28(13-31(39-34)37-25-17-46-18-25)32(44)35-14-26(43)16-40-8-7-27-22(3)29(6-5-24(27)15-40)47-19-30-23(4)36-20-48-30/h5-6,13,20-21,25-26,43H,7-12,14-19H2,1-4H3,(H,35,44)(H,37,38,39). The lowest BCUT2D eigenvalue weighted by atomic mass is 9.94. The van der Waals surface area contributed by atoms with Crippen molar-refractivity contribution in [2.45, 2.75) is 59.4 Å². The first-order valence-corrected chi connectivity index (χ1v) is 16.7. The molecule has 3 N–H and O–H groups in total. The van der Waals surface area contributed by atoms with Gasteiger partial charge < -0.3 is 39.4 Å². The second-order valence-corrected chi connectivity index (χ2v) is 13.1. The molecular formula is C34H46N8O6. The molecule has 14 nitrogen and oxygen atoms in total. The predicted octanol–water partition coefficient (Wildman–Crippen LogP) is 1.92. The van der Waals surface area contributed by atoms with Gasteiger partial charge in [-0.15, -0.1) is 0 Å². The zero-order valence-electron chi connectivity index (χ0n) is 28.2. The van der Waals surface area contributed by atoms with E-state index in [1.807, 2.05) is 36.6 Å². The number of oxazole rings is 1. The molecule has 0 bridgehead atoms. The van der Waals surface area contributed by atoms with Crippen LogP contribution >= 0.6 is 0 Å². The van der Waals surface area contributed by atoms with E-state index in [-0.39, 0.29) is 36.0 Å². The number of amides is 2. The average molecular weight is 663 g/mol. The number of hydrogen-bond donors (Lipinski definition) is 3. The summed E-state index contributed by atoms with van der Waals surface area (Å²) >= 11 is 0. The number of piperazine rings is 1. The van der Waals surface area contributed by atoms with Crippen LogP contribution in [0.4, 0.5) is 11.8 Å². The Morgan fingerprint density at radius 2 is 1.90 bits per heavy atom. The Morgan fingerprint density at radius 3 is 2.58 bits per heavy atom. The fourth-order valence-corrected chi connectivity index (χ4v) is 6.25. The molecule has 3 aliphatic rings. The lowest BCUT2D eigenvalue weighted by Crippen LogP contribution is -2.50. The van der Waals surface area contributed by atoms with Gasteiger partial charge in [0, 0.05) is 64.3 Å². The van der Waals surface area contributed by atoms with Crippen molar-refractivity contribution in [1.82, 2.24) is 30.1 Å². The van der Waals surface area contributed by atoms with E-state index in [0.29, 0.717) is 70.9 Å². The zero-order chi connectivity index (χ0) is 33.8. The summed E-state index contributed by atoms with van der Waals surface area (Å²) in [5, 5.41) is 17.1. The summed E-state index contributed by atoms with van der Waals surface area (Å²) in [5.74, 6) is 2.22. The third-order valence-corrected chi connectivity index (χ3v) is 9.19. The molecule has 0 saturated carbocycles. The third kappa shape index (κ3) is 7.88. The summed E-state index contributed by atoms with van der Waals surface area (Å²) in [6, 6.07) is 5.83. The van der Waals surface area contributed by atoms with E-state index in [4.69, 9.17) is 13.9 Å². The number of aliphatic hydroxyl groups is 1. The number of carbonyl (C=O) groups excluding carboxylic acids is 2. The van der Waals surface area contributed by atoms with Gasteiger partial charge in [0.05, 0.1) is 31.1 Å². The Bertz CT molecular complexity index is 1600. The van der Waals surface area contributed by atoms with Crippen molar-refractivity contribution in [2.24, 2.45) is 5.92 Å². The van der Waals surface area contributed by atoms with Gasteiger partial charge >= 0.3 is 0 Å². The number of nitrogens with zero attached hydrogens (tertiary/aromatic N) is 6. The number of carbonyl (C=O) groups is 2. The van der Waals surface area contributed by atoms with Crippen molar-refractivity contribution >= 4 is 23.6 Å². The number of nitrogens with one attached hydrogen (secondary N) is 2. The van der Waals surface area contributed by atoms with Crippen LogP contribution in [0.25, 0.3) is 0 Å². The molecule has 14 heteroatoms. The Balaban J connectivity index is 1.03. The predicted molar refractivity (Wildman–Crippen MR) is 178 cm³/mol. The summed E-state index contributed by atoms with van der Waals surface area (Å²) in [6.07, 6.45) is 1.50. The maximum Gasteiger partial charge on any atom is 0.270 e. The molecule has 2 amide bonds. The van der Waals surface area contributed by atoms with E-state index < -0.39 is 6.10 Å². The molecule has 5 heterocycles. The van der Waals surface area contributed by atoms with Crippen molar-refractivity contribution in [1.29, 1.82) is 0 Å². The molecule has 2 fully saturated rings. The van der Waals surface area contributed by atoms with Crippen molar-refractivity contribution in [2.75, 3.05) is 69.2 Å². The molecule has 0 radical (unpaired) electrons. The lowest BCUT2D eigenvalue weighted by Gasteiger charge is -2.36. The van der Waals surface area contributed by atoms with Gasteiger partial charge in [-0.05, 0) is 43.0 Å². The van der Waals surface area contributed by atoms with Gasteiger partial charge in [0.2, 0.25) is 11.9 Å². The van der Waals surface area contributed by atoms with Crippen LogP contribution in [-0.4, -0.2) is 113 Å². The number of β-amino-alcohol motifs (C(OH)–C–C–N with tert-alkyl or cyclic N) is 1. The third-order valence-electron chi connectivity index (χ3n) is 9.19. The monoisotopic (exact) mass is 662 g/mol. The fraction of sp³-hybridized carbons (Fsp3) is 0.559. The number of hydrogen-bond acceptors (Lipinski definition) is 12. The molecule has 1 unspecified atom stereocenters. The van der Waals surface area contributed by atoms with Gasteiger partial charge in [0.15, 0.2) is 12.2 Å². The average Bonchev–Trinajstić information content (AvgIpc) is 3.48. The van der Waals surface area contributed by atoms with Gasteiger partial charge in [0.25, 0.3) is 5.91 Å². The van der Waals surface area contributed by atoms with Crippen LogP contribution < -0.4 is 20.3 Å². The van der Waals surface area contributed by atoms with Gasteiger partial charge in [-0.1, -0.05) is 19.9 Å². The highest BCUT2D eigenvalue weighted by Crippen LogP contribution is 2.30. The number of rotatable bonds is 12. The van der Waals surface area contributed by atoms with E-state index in [2.05, 4.69) is 43.5 Å². The molecule has 6 rings (SSSR count). The normalized spacial score (nSPS) is 17.5. The topological polar surface area (TPSA) is 158 Å². The molecule has 1 atom stereocenters. The van der Waals surface area contributed by atoms with Crippen LogP contribution in [0.2, 0.25) is 0 Å². The Kier molecular flexibility index (Phi) is 10.4. The summed E-state index contributed by atoms with van der Waals surface area (Å²) < 4.78 is 16.7. The van der Waals surface area contributed by atoms with Crippen molar-refractivity contribution in [3.8, 4) is 5.75 Å². The molecular weight excluding hydrogens is 616 g/mol. The maximum atomic E-state index is 13.3. The molecule has 1 aromatic carbocycles. The molecule has 3 aromatic rings. The van der Waals surface area contributed by atoms with Crippen molar-refractivity contribution in [3.63, 3.8) is 0 Å². The largest absolute Gasteiger partial charge is 0.485 e. The second kappa shape index (κ2) is 14.9. The first-order valence-electron chi connectivity index (χ1n) is 16.7. The number of anilines is 2. The van der Waals surface area contributed by atoms with E-state index >= 15 is 0 Å². The maximum absolute atomic E-state index is 13.3. The van der Waals surface area contributed by atoms with E-state index in [1.54, 1.807) is 6.07 Å². The van der Waals surface area contributed by atoms with E-state index in [0.717, 1.165) is 35.7 Å². The van der Waals surface area contributed by atoms with Gasteiger partial charge in [-0.2, -0.15) is 4.98 Å². The smallest absolute Gasteiger partial charge is 0.270 e. The van der Waals surface area contributed by atoms with E-state index in [9.17, 15) is 14.7 Å². The first-order chi connectivity index (χ1) is 23.1. The molecule has 2 aromatic heterocycles. The van der Waals surface area contributed by atoms with Gasteiger partial charge in [-0.3, -0.25) is 14.5 Å². The number of aliphatic hydroxyl groups excluding tert-OH is 1. The Labute approximate surface area is 280 Å². The molecule has 0 spiro atoms. The summed E-state index contributed by atoms with van der Waals surface area (Å²) in [5.41, 5.74) is 4.63. The number of fused-ring (bicyclic) bond motifs is 1. The van der Waals surface area contributed by atoms with Crippen LogP contribution in [0.15, 0.2) is 29.0 Å². The quantitative estimate of drug-likeness (QED) is 0.259. The number of aromatic nitrogens is 3. The Hall–Kier alpha value is -4.27. The van der Waals surface area contributed by atoms with Crippen LogP contribution in [0.5, 0.6) is 5.75 Å². The van der Waals surface area contributed by atoms with Crippen molar-refractivity contribution in [3.05, 3.63) is 58.4 Å². The first kappa shape index (κ1) is 33.6.